The molecule has 5 atom stereocenters. The molecule has 49 heavy (non-hydrogen) atoms. The molecule has 1 heterocycles. The van der Waals surface area contributed by atoms with Gasteiger partial charge in [-0.1, -0.05) is 124 Å². The Kier molecular flexibility index (Phi) is 17.3. The molecule has 1 fully saturated rings. The van der Waals surface area contributed by atoms with Gasteiger partial charge in [0.15, 0.2) is 12.4 Å². The largest absolute Gasteiger partial charge is 0.469 e. The van der Waals surface area contributed by atoms with E-state index in [2.05, 4.69) is 0 Å². The van der Waals surface area contributed by atoms with E-state index in [9.17, 15) is 14.7 Å². The van der Waals surface area contributed by atoms with Gasteiger partial charge in [-0.3, -0.25) is 4.79 Å². The van der Waals surface area contributed by atoms with Crippen molar-refractivity contribution in [2.75, 3.05) is 20.3 Å². The zero-order valence-corrected chi connectivity index (χ0v) is 28.7. The molecule has 0 unspecified atom stereocenters. The topological polar surface area (TPSA) is 110 Å². The smallest absolute Gasteiger partial charge is 0.338 e. The zero-order chi connectivity index (χ0) is 34.5. The molecule has 0 radical (unpaired) electrons. The molecule has 0 amide bonds. The summed E-state index contributed by atoms with van der Waals surface area (Å²) in [5.74, 6) is -0.662. The van der Waals surface area contributed by atoms with E-state index in [1.807, 2.05) is 66.7 Å². The summed E-state index contributed by atoms with van der Waals surface area (Å²) >= 11 is 0. The second-order valence-electron chi connectivity index (χ2n) is 12.4. The summed E-state index contributed by atoms with van der Waals surface area (Å²) in [4.78, 5) is 24.7. The zero-order valence-electron chi connectivity index (χ0n) is 28.7. The van der Waals surface area contributed by atoms with Crippen molar-refractivity contribution in [2.45, 2.75) is 108 Å². The van der Waals surface area contributed by atoms with Crippen LogP contribution >= 0.6 is 0 Å². The Labute approximate surface area is 290 Å². The molecule has 0 bridgehead atoms. The lowest BCUT2D eigenvalue weighted by Crippen LogP contribution is -2.62. The van der Waals surface area contributed by atoms with Crippen LogP contribution < -0.4 is 0 Å². The molecular formula is C40H52O9. The van der Waals surface area contributed by atoms with Crippen molar-refractivity contribution in [3.05, 3.63) is 108 Å². The number of carbonyl (C=O) groups excluding carboxylic acids is 2. The number of aliphatic hydroxyl groups excluding tert-OH is 1. The monoisotopic (exact) mass is 676 g/mol. The van der Waals surface area contributed by atoms with Gasteiger partial charge in [0.25, 0.3) is 0 Å². The Morgan fingerprint density at radius 1 is 0.633 bits per heavy atom. The molecule has 1 N–H and O–H groups in total. The van der Waals surface area contributed by atoms with Gasteiger partial charge in [-0.15, -0.1) is 0 Å². The summed E-state index contributed by atoms with van der Waals surface area (Å²) in [6.07, 6.45) is 5.64. The Balaban J connectivity index is 1.38. The number of hydrogen-bond donors (Lipinski definition) is 1. The van der Waals surface area contributed by atoms with Crippen LogP contribution in [0.2, 0.25) is 0 Å². The number of ether oxygens (including phenoxy) is 6. The van der Waals surface area contributed by atoms with Gasteiger partial charge >= 0.3 is 11.9 Å². The van der Waals surface area contributed by atoms with Crippen LogP contribution in [0, 0.1) is 0 Å². The van der Waals surface area contributed by atoms with E-state index in [4.69, 9.17) is 28.4 Å². The van der Waals surface area contributed by atoms with E-state index < -0.39 is 36.7 Å². The molecule has 4 rings (SSSR count). The van der Waals surface area contributed by atoms with Crippen LogP contribution in [0.1, 0.15) is 85.7 Å². The molecule has 3 aromatic rings. The quantitative estimate of drug-likeness (QED) is 0.0874. The van der Waals surface area contributed by atoms with E-state index in [1.165, 1.54) is 7.11 Å². The van der Waals surface area contributed by atoms with Gasteiger partial charge in [0.1, 0.15) is 18.3 Å². The van der Waals surface area contributed by atoms with Gasteiger partial charge in [0.2, 0.25) is 0 Å². The van der Waals surface area contributed by atoms with Crippen molar-refractivity contribution in [1.82, 2.24) is 0 Å². The van der Waals surface area contributed by atoms with Crippen molar-refractivity contribution < 1.29 is 43.1 Å². The lowest BCUT2D eigenvalue weighted by Gasteiger charge is -2.45. The van der Waals surface area contributed by atoms with Crippen molar-refractivity contribution in [2.24, 2.45) is 0 Å². The maximum atomic E-state index is 13.4. The third-order valence-corrected chi connectivity index (χ3v) is 8.63. The van der Waals surface area contributed by atoms with E-state index in [-0.39, 0.29) is 25.8 Å². The fraction of sp³-hybridized carbons (Fsp3) is 0.500. The minimum Gasteiger partial charge on any atom is -0.469 e. The summed E-state index contributed by atoms with van der Waals surface area (Å²) in [5.41, 5.74) is 2.30. The number of rotatable bonds is 22. The van der Waals surface area contributed by atoms with Crippen LogP contribution in [0.25, 0.3) is 0 Å². The van der Waals surface area contributed by atoms with Crippen LogP contribution in [0.15, 0.2) is 91.0 Å². The predicted molar refractivity (Wildman–Crippen MR) is 186 cm³/mol. The van der Waals surface area contributed by atoms with Crippen LogP contribution in [0.4, 0.5) is 0 Å². The van der Waals surface area contributed by atoms with Crippen LogP contribution in [-0.2, 0) is 46.4 Å². The SMILES string of the molecule is COC(=O)CCCCCCCCCCCO[C@@H]1O[C@H](CO)[C@H](OCc2ccccc2)[C@H](OCc2ccccc2)[C@H]1OC(=O)c1ccccc1. The second kappa shape index (κ2) is 22.2. The van der Waals surface area contributed by atoms with E-state index in [0.29, 0.717) is 18.6 Å². The Bertz CT molecular complexity index is 1320. The summed E-state index contributed by atoms with van der Waals surface area (Å²) in [6, 6.07) is 28.3. The van der Waals surface area contributed by atoms with E-state index in [1.54, 1.807) is 24.3 Å². The number of methoxy groups -OCH3 is 1. The summed E-state index contributed by atoms with van der Waals surface area (Å²) < 4.78 is 36.3. The van der Waals surface area contributed by atoms with E-state index >= 15 is 0 Å². The molecule has 1 saturated heterocycles. The standard InChI is InChI=1S/C40H52O9/c1-44-35(42)26-18-7-5-3-2-4-6-8-19-27-45-40-38(49-39(43)33-24-16-11-17-25-33)37(47-30-32-22-14-10-15-23-32)36(34(28-41)48-40)46-29-31-20-12-9-13-21-31/h9-17,20-25,34,36-38,40-41H,2-8,18-19,26-30H2,1H3/t34-,36+,37+,38-,40-/m1/s1. The first-order valence-corrected chi connectivity index (χ1v) is 17.6. The molecule has 266 valence electrons. The Morgan fingerprint density at radius 2 is 1.14 bits per heavy atom. The van der Waals surface area contributed by atoms with Gasteiger partial charge in [-0.2, -0.15) is 0 Å². The minimum atomic E-state index is -0.966. The molecule has 1 aliphatic rings. The fourth-order valence-corrected chi connectivity index (χ4v) is 5.89. The lowest BCUT2D eigenvalue weighted by atomic mass is 9.97. The molecule has 9 heteroatoms. The highest BCUT2D eigenvalue weighted by atomic mass is 16.7. The first kappa shape index (κ1) is 38.2. The van der Waals surface area contributed by atoms with Crippen molar-refractivity contribution >= 4 is 11.9 Å². The third-order valence-electron chi connectivity index (χ3n) is 8.63. The van der Waals surface area contributed by atoms with Gasteiger partial charge in [0, 0.05) is 13.0 Å². The molecular weight excluding hydrogens is 624 g/mol. The lowest BCUT2D eigenvalue weighted by molar-refractivity contribution is -0.316. The first-order chi connectivity index (χ1) is 24.1. The summed E-state index contributed by atoms with van der Waals surface area (Å²) in [5, 5.41) is 10.5. The molecule has 0 saturated carbocycles. The number of hydrogen-bond acceptors (Lipinski definition) is 9. The summed E-state index contributed by atoms with van der Waals surface area (Å²) in [6.45, 7) is 0.574. The Morgan fingerprint density at radius 3 is 1.69 bits per heavy atom. The minimum absolute atomic E-state index is 0.139. The van der Waals surface area contributed by atoms with E-state index in [0.717, 1.165) is 68.9 Å². The molecule has 0 aromatic heterocycles. The maximum Gasteiger partial charge on any atom is 0.338 e. The van der Waals surface area contributed by atoms with Crippen molar-refractivity contribution in [3.63, 3.8) is 0 Å². The van der Waals surface area contributed by atoms with Gasteiger partial charge in [-0.25, -0.2) is 4.79 Å². The normalized spacial score (nSPS) is 20.5. The summed E-state index contributed by atoms with van der Waals surface area (Å²) in [7, 11) is 1.43. The van der Waals surface area contributed by atoms with Gasteiger partial charge in [0.05, 0.1) is 32.5 Å². The molecule has 1 aliphatic heterocycles. The molecule has 3 aromatic carbocycles. The van der Waals surface area contributed by atoms with Gasteiger partial charge < -0.3 is 33.5 Å². The molecule has 0 aliphatic carbocycles. The number of unbranched alkanes of at least 4 members (excludes halogenated alkanes) is 8. The van der Waals surface area contributed by atoms with Gasteiger partial charge in [-0.05, 0) is 36.1 Å². The highest BCUT2D eigenvalue weighted by Gasteiger charge is 2.50. The van der Waals surface area contributed by atoms with Crippen LogP contribution in [-0.4, -0.2) is 68.1 Å². The van der Waals surface area contributed by atoms with Crippen LogP contribution in [0.5, 0.6) is 0 Å². The highest BCUT2D eigenvalue weighted by Crippen LogP contribution is 2.31. The number of esters is 2. The number of carbonyl (C=O) groups is 2. The number of aliphatic hydroxyl groups is 1. The predicted octanol–water partition coefficient (Wildman–Crippen LogP) is 7.19. The molecule has 9 nitrogen and oxygen atoms in total. The average Bonchev–Trinajstić information content (AvgIpc) is 3.15. The third kappa shape index (κ3) is 13.3. The average molecular weight is 677 g/mol. The number of benzene rings is 3. The Hall–Kier alpha value is -3.60. The molecule has 0 spiro atoms. The fourth-order valence-electron chi connectivity index (χ4n) is 5.89. The first-order valence-electron chi connectivity index (χ1n) is 17.6. The maximum absolute atomic E-state index is 13.4. The van der Waals surface area contributed by atoms with Crippen LogP contribution in [0.3, 0.4) is 0 Å². The van der Waals surface area contributed by atoms with Crippen molar-refractivity contribution in [1.29, 1.82) is 0 Å². The van der Waals surface area contributed by atoms with Crippen molar-refractivity contribution in [3.8, 4) is 0 Å². The highest BCUT2D eigenvalue weighted by molar-refractivity contribution is 5.89. The second-order valence-corrected chi connectivity index (χ2v) is 12.4.